The quantitative estimate of drug-likeness (QED) is 0.487. The van der Waals surface area contributed by atoms with E-state index in [1.54, 1.807) is 0 Å². The molecular weight excluding hydrogens is 429 g/mol. The van der Waals surface area contributed by atoms with E-state index in [-0.39, 0.29) is 5.22 Å². The van der Waals surface area contributed by atoms with Crippen LogP contribution < -0.4 is 10.4 Å². The third kappa shape index (κ3) is 4.43. The molecule has 0 N–H and O–H groups in total. The Morgan fingerprint density at radius 1 is 0.742 bits per heavy atom. The monoisotopic (exact) mass is 462 g/mol. The summed E-state index contributed by atoms with van der Waals surface area (Å²) in [7, 11) is -5.06. The van der Waals surface area contributed by atoms with Crippen molar-refractivity contribution in [2.45, 2.75) is 44.1 Å². The number of benzene rings is 3. The van der Waals surface area contributed by atoms with Crippen molar-refractivity contribution in [3.05, 3.63) is 96.6 Å². The van der Waals surface area contributed by atoms with Gasteiger partial charge in [0.25, 0.3) is 0 Å². The molecule has 1 saturated heterocycles. The summed E-state index contributed by atoms with van der Waals surface area (Å²) in [5.41, 5.74) is 1.33. The van der Waals surface area contributed by atoms with Crippen LogP contribution in [0.15, 0.2) is 91.0 Å². The van der Waals surface area contributed by atoms with Crippen LogP contribution in [0.2, 0.25) is 19.6 Å². The molecular formula is C26H34O2Si3. The topological polar surface area (TPSA) is 18.5 Å². The van der Waals surface area contributed by atoms with Crippen LogP contribution in [0.4, 0.5) is 0 Å². The highest BCUT2D eigenvalue weighted by Gasteiger charge is 2.59. The van der Waals surface area contributed by atoms with Crippen LogP contribution in [0.1, 0.15) is 24.8 Å². The highest BCUT2D eigenvalue weighted by Crippen LogP contribution is 2.42. The van der Waals surface area contributed by atoms with E-state index in [1.165, 1.54) is 22.4 Å². The van der Waals surface area contributed by atoms with Gasteiger partial charge in [0.2, 0.25) is 0 Å². The Labute approximate surface area is 191 Å². The Morgan fingerprint density at radius 2 is 1.26 bits per heavy atom. The van der Waals surface area contributed by atoms with E-state index in [4.69, 9.17) is 8.85 Å². The Bertz CT molecular complexity index is 911. The highest BCUT2D eigenvalue weighted by atomic mass is 29.2. The van der Waals surface area contributed by atoms with Gasteiger partial charge in [0.1, 0.15) is 9.28 Å². The molecule has 0 aliphatic carbocycles. The average Bonchev–Trinajstić information content (AvgIpc) is 2.81. The molecule has 1 unspecified atom stereocenters. The fraction of sp³-hybridized carbons (Fsp3) is 0.308. The Balaban J connectivity index is 2.04. The van der Waals surface area contributed by atoms with E-state index < -0.39 is 25.2 Å². The van der Waals surface area contributed by atoms with Crippen LogP contribution in [0.25, 0.3) is 0 Å². The van der Waals surface area contributed by atoms with E-state index in [0.717, 1.165) is 19.4 Å². The van der Waals surface area contributed by atoms with Crippen molar-refractivity contribution in [2.75, 3.05) is 6.61 Å². The molecule has 1 atom stereocenters. The first-order valence-electron chi connectivity index (χ1n) is 11.4. The van der Waals surface area contributed by atoms with Gasteiger partial charge in [-0.25, -0.2) is 0 Å². The summed E-state index contributed by atoms with van der Waals surface area (Å²) >= 11 is 0. The molecule has 1 heterocycles. The zero-order chi connectivity index (χ0) is 21.8. The van der Waals surface area contributed by atoms with Crippen molar-refractivity contribution >= 4 is 35.6 Å². The van der Waals surface area contributed by atoms with E-state index in [0.29, 0.717) is 0 Å². The molecule has 2 nitrogen and oxygen atoms in total. The minimum Gasteiger partial charge on any atom is -0.462 e. The molecule has 1 aliphatic rings. The van der Waals surface area contributed by atoms with Crippen LogP contribution in [-0.2, 0) is 14.1 Å². The molecule has 1 aliphatic heterocycles. The van der Waals surface area contributed by atoms with Crippen molar-refractivity contribution in [1.82, 2.24) is 0 Å². The third-order valence-electron chi connectivity index (χ3n) is 6.46. The van der Waals surface area contributed by atoms with Crippen molar-refractivity contribution in [1.29, 1.82) is 0 Å². The van der Waals surface area contributed by atoms with E-state index in [9.17, 15) is 0 Å². The molecule has 3 aromatic carbocycles. The lowest BCUT2D eigenvalue weighted by atomic mass is 10.0. The van der Waals surface area contributed by atoms with Crippen molar-refractivity contribution in [2.24, 2.45) is 0 Å². The molecule has 4 rings (SSSR count). The van der Waals surface area contributed by atoms with Gasteiger partial charge in [0.05, 0.1) is 5.22 Å². The summed E-state index contributed by atoms with van der Waals surface area (Å²) in [5.74, 6) is 0. The van der Waals surface area contributed by atoms with E-state index in [1.807, 2.05) is 0 Å². The molecule has 0 saturated carbocycles. The SMILES string of the molecule is C[Si](C)(C)O[SiH2][Si](c1ccccc1)(c1ccccc1)C1(c2ccccc2)CCCCO1. The minimum atomic E-state index is -2.42. The fourth-order valence-corrected chi connectivity index (χ4v) is 23.0. The Kier molecular flexibility index (Phi) is 6.79. The minimum absolute atomic E-state index is 0.291. The third-order valence-corrected chi connectivity index (χ3v) is 22.4. The lowest BCUT2D eigenvalue weighted by Gasteiger charge is -2.52. The molecule has 0 aromatic heterocycles. The summed E-state index contributed by atoms with van der Waals surface area (Å²) in [6.45, 7) is 7.80. The first-order valence-corrected chi connectivity index (χ1v) is 19.7. The van der Waals surface area contributed by atoms with Crippen molar-refractivity contribution in [3.8, 4) is 0 Å². The molecule has 0 spiro atoms. The van der Waals surface area contributed by atoms with Gasteiger partial charge in [0, 0.05) is 6.61 Å². The second-order valence-corrected chi connectivity index (χ2v) is 23.0. The molecule has 0 bridgehead atoms. The summed E-state index contributed by atoms with van der Waals surface area (Å²) in [6, 6.07) is 33.5. The van der Waals surface area contributed by atoms with E-state index in [2.05, 4.69) is 111 Å². The first kappa shape index (κ1) is 22.4. The average molecular weight is 463 g/mol. The van der Waals surface area contributed by atoms with E-state index >= 15 is 0 Å². The normalized spacial score (nSPS) is 20.2. The maximum absolute atomic E-state index is 7.02. The Morgan fingerprint density at radius 3 is 1.71 bits per heavy atom. The summed E-state index contributed by atoms with van der Waals surface area (Å²) in [4.78, 5) is 0. The van der Waals surface area contributed by atoms with Crippen LogP contribution in [0, 0.1) is 0 Å². The molecule has 0 amide bonds. The number of rotatable bonds is 7. The largest absolute Gasteiger partial charge is 0.462 e. The molecule has 5 heteroatoms. The second-order valence-electron chi connectivity index (χ2n) is 9.54. The lowest BCUT2D eigenvalue weighted by molar-refractivity contribution is -0.0266. The smallest absolute Gasteiger partial charge is 0.173 e. The van der Waals surface area contributed by atoms with Crippen LogP contribution >= 0.6 is 0 Å². The predicted molar refractivity (Wildman–Crippen MR) is 139 cm³/mol. The maximum atomic E-state index is 7.02. The van der Waals surface area contributed by atoms with Crippen LogP contribution in [0.5, 0.6) is 0 Å². The summed E-state index contributed by atoms with van der Waals surface area (Å²) < 4.78 is 14.0. The molecule has 162 valence electrons. The number of ether oxygens (including phenoxy) is 1. The predicted octanol–water partition coefficient (Wildman–Crippen LogP) is 4.32. The summed E-state index contributed by atoms with van der Waals surface area (Å²) in [6.07, 6.45) is 3.40. The summed E-state index contributed by atoms with van der Waals surface area (Å²) in [5, 5.41) is 2.62. The molecule has 0 radical (unpaired) electrons. The second kappa shape index (κ2) is 9.38. The Hall–Kier alpha value is -1.77. The highest BCUT2D eigenvalue weighted by molar-refractivity contribution is 7.37. The first-order chi connectivity index (χ1) is 15.0. The van der Waals surface area contributed by atoms with Gasteiger partial charge in [0.15, 0.2) is 15.9 Å². The molecule has 3 aromatic rings. The number of hydrogen-bond acceptors (Lipinski definition) is 2. The van der Waals surface area contributed by atoms with Crippen LogP contribution in [-0.4, -0.2) is 31.8 Å². The molecule has 31 heavy (non-hydrogen) atoms. The lowest BCUT2D eigenvalue weighted by Crippen LogP contribution is -2.77. The van der Waals surface area contributed by atoms with Gasteiger partial charge in [-0.2, -0.15) is 0 Å². The van der Waals surface area contributed by atoms with Gasteiger partial charge in [-0.1, -0.05) is 101 Å². The van der Waals surface area contributed by atoms with Crippen LogP contribution in [0.3, 0.4) is 0 Å². The number of hydrogen-bond donors (Lipinski definition) is 0. The van der Waals surface area contributed by atoms with Gasteiger partial charge in [-0.15, -0.1) is 0 Å². The van der Waals surface area contributed by atoms with Gasteiger partial charge in [-0.3, -0.25) is 0 Å². The van der Waals surface area contributed by atoms with Crippen molar-refractivity contribution < 1.29 is 8.85 Å². The van der Waals surface area contributed by atoms with Gasteiger partial charge >= 0.3 is 0 Å². The maximum Gasteiger partial charge on any atom is 0.173 e. The zero-order valence-corrected chi connectivity index (χ0v) is 22.4. The molecule has 1 fully saturated rings. The standard InChI is InChI=1S/C26H34O2Si3/c1-30(2,3)28-29-31(24-17-9-5-10-18-24,25-19-11-6-12-20-25)26(21-13-14-22-27-26)23-15-7-4-8-16-23/h4-12,15-20H,13-14,21-22,29H2,1-3H3. The van der Waals surface area contributed by atoms with Gasteiger partial charge < -0.3 is 8.85 Å². The fourth-order valence-electron chi connectivity index (χ4n) is 5.00. The zero-order valence-electron chi connectivity index (χ0n) is 19.0. The van der Waals surface area contributed by atoms with Crippen molar-refractivity contribution in [3.63, 3.8) is 0 Å². The van der Waals surface area contributed by atoms with Gasteiger partial charge in [-0.05, 0) is 44.5 Å².